The zero-order valence-electron chi connectivity index (χ0n) is 11.7. The van der Waals surface area contributed by atoms with Gasteiger partial charge >= 0.3 is 0 Å². The molecular weight excluding hydrogens is 264 g/mol. The first-order valence-electron chi connectivity index (χ1n) is 7.07. The largest absolute Gasteiger partial charge is 0.387 e. The number of halogens is 2. The Morgan fingerprint density at radius 2 is 2.05 bits per heavy atom. The number of likely N-dealkylation sites (tertiary alicyclic amines) is 1. The van der Waals surface area contributed by atoms with Gasteiger partial charge < -0.3 is 14.7 Å². The van der Waals surface area contributed by atoms with E-state index >= 15 is 0 Å². The van der Waals surface area contributed by atoms with Crippen molar-refractivity contribution in [2.75, 3.05) is 26.2 Å². The van der Waals surface area contributed by atoms with Gasteiger partial charge in [-0.05, 0) is 25.8 Å². The van der Waals surface area contributed by atoms with Gasteiger partial charge in [0.15, 0.2) is 0 Å². The zero-order chi connectivity index (χ0) is 14.5. The number of aliphatic hydroxyl groups excluding tert-OH is 1. The molecule has 0 bridgehead atoms. The van der Waals surface area contributed by atoms with E-state index in [1.54, 1.807) is 0 Å². The highest BCUT2D eigenvalue weighted by atomic mass is 19.1. The molecule has 1 aromatic carbocycles. The summed E-state index contributed by atoms with van der Waals surface area (Å²) in [7, 11) is 0. The number of rotatable bonds is 5. The maximum absolute atomic E-state index is 13.6. The van der Waals surface area contributed by atoms with E-state index in [-0.39, 0.29) is 11.7 Å². The van der Waals surface area contributed by atoms with Crippen LogP contribution in [0.5, 0.6) is 0 Å². The average molecular weight is 285 g/mol. The van der Waals surface area contributed by atoms with Gasteiger partial charge in [0.2, 0.25) is 0 Å². The maximum Gasteiger partial charge on any atom is 0.131 e. The minimum absolute atomic E-state index is 0.151. The molecule has 1 aliphatic heterocycles. The molecule has 1 N–H and O–H groups in total. The van der Waals surface area contributed by atoms with E-state index in [1.165, 1.54) is 12.1 Å². The van der Waals surface area contributed by atoms with Gasteiger partial charge in [0.25, 0.3) is 0 Å². The van der Waals surface area contributed by atoms with Crippen molar-refractivity contribution in [3.8, 4) is 0 Å². The fraction of sp³-hybridized carbons (Fsp3) is 0.600. The van der Waals surface area contributed by atoms with E-state index in [4.69, 9.17) is 4.74 Å². The Balaban J connectivity index is 1.87. The number of benzene rings is 1. The van der Waals surface area contributed by atoms with Crippen molar-refractivity contribution >= 4 is 0 Å². The first-order chi connectivity index (χ1) is 9.60. The van der Waals surface area contributed by atoms with Gasteiger partial charge in [0.1, 0.15) is 11.6 Å². The molecular formula is C15H21F2NO2. The van der Waals surface area contributed by atoms with Crippen molar-refractivity contribution in [1.29, 1.82) is 0 Å². The summed E-state index contributed by atoms with van der Waals surface area (Å²) in [5.74, 6) is -1.32. The third-order valence-corrected chi connectivity index (χ3v) is 3.69. The lowest BCUT2D eigenvalue weighted by molar-refractivity contribution is 0.00294. The number of piperidine rings is 1. The number of nitrogens with zero attached hydrogens (tertiary/aromatic N) is 1. The zero-order valence-corrected chi connectivity index (χ0v) is 11.7. The second kappa shape index (κ2) is 7.11. The van der Waals surface area contributed by atoms with Crippen LogP contribution >= 0.6 is 0 Å². The van der Waals surface area contributed by atoms with E-state index in [1.807, 2.05) is 6.92 Å². The molecule has 2 rings (SSSR count). The molecule has 1 fully saturated rings. The summed E-state index contributed by atoms with van der Waals surface area (Å²) in [5, 5.41) is 10.1. The normalized spacial score (nSPS) is 19.2. The van der Waals surface area contributed by atoms with Crippen molar-refractivity contribution < 1.29 is 18.6 Å². The van der Waals surface area contributed by atoms with Crippen molar-refractivity contribution in [3.63, 3.8) is 0 Å². The van der Waals surface area contributed by atoms with E-state index in [9.17, 15) is 13.9 Å². The number of β-amino-alcohol motifs (C(OH)–C–C–N with tert-alkyl or cyclic N) is 1. The lowest BCUT2D eigenvalue weighted by Crippen LogP contribution is -2.39. The van der Waals surface area contributed by atoms with Crippen LogP contribution in [0.1, 0.15) is 31.4 Å². The molecule has 0 aliphatic carbocycles. The van der Waals surface area contributed by atoms with Gasteiger partial charge in [0.05, 0.1) is 12.2 Å². The molecule has 112 valence electrons. The summed E-state index contributed by atoms with van der Waals surface area (Å²) in [5.41, 5.74) is 0.151. The van der Waals surface area contributed by atoms with Gasteiger partial charge in [-0.25, -0.2) is 8.78 Å². The van der Waals surface area contributed by atoms with Crippen LogP contribution in [0, 0.1) is 11.6 Å². The predicted octanol–water partition coefficient (Wildman–Crippen LogP) is 2.50. The van der Waals surface area contributed by atoms with Crippen molar-refractivity contribution in [3.05, 3.63) is 35.4 Å². The number of aliphatic hydroxyl groups is 1. The van der Waals surface area contributed by atoms with Crippen LogP contribution in [0.4, 0.5) is 8.78 Å². The molecule has 1 heterocycles. The summed E-state index contributed by atoms with van der Waals surface area (Å²) in [6.07, 6.45) is 1.20. The highest BCUT2D eigenvalue weighted by Crippen LogP contribution is 2.21. The first-order valence-corrected chi connectivity index (χ1v) is 7.07. The second-order valence-corrected chi connectivity index (χ2v) is 5.14. The van der Waals surface area contributed by atoms with Crippen molar-refractivity contribution in [2.24, 2.45) is 0 Å². The number of ether oxygens (including phenoxy) is 1. The molecule has 1 atom stereocenters. The van der Waals surface area contributed by atoms with E-state index in [0.29, 0.717) is 13.2 Å². The minimum Gasteiger partial charge on any atom is -0.387 e. The fourth-order valence-electron chi connectivity index (χ4n) is 2.61. The van der Waals surface area contributed by atoms with E-state index in [0.717, 1.165) is 32.0 Å². The Morgan fingerprint density at radius 1 is 1.35 bits per heavy atom. The predicted molar refractivity (Wildman–Crippen MR) is 72.4 cm³/mol. The number of hydrogen-bond donors (Lipinski definition) is 1. The van der Waals surface area contributed by atoms with Crippen molar-refractivity contribution in [1.82, 2.24) is 4.90 Å². The van der Waals surface area contributed by atoms with Gasteiger partial charge in [0, 0.05) is 37.9 Å². The molecule has 0 radical (unpaired) electrons. The molecule has 1 aromatic rings. The third kappa shape index (κ3) is 3.98. The molecule has 5 heteroatoms. The van der Waals surface area contributed by atoms with Crippen LogP contribution in [0.25, 0.3) is 0 Å². The van der Waals surface area contributed by atoms with Crippen LogP contribution in [-0.2, 0) is 4.74 Å². The molecule has 1 aliphatic rings. The highest BCUT2D eigenvalue weighted by Gasteiger charge is 2.22. The molecule has 1 saturated heterocycles. The molecule has 0 amide bonds. The monoisotopic (exact) mass is 285 g/mol. The Morgan fingerprint density at radius 3 is 2.65 bits per heavy atom. The summed E-state index contributed by atoms with van der Waals surface area (Å²) >= 11 is 0. The molecule has 0 aromatic heterocycles. The Kier molecular flexibility index (Phi) is 5.46. The van der Waals surface area contributed by atoms with Crippen LogP contribution in [0.2, 0.25) is 0 Å². The summed E-state index contributed by atoms with van der Waals surface area (Å²) < 4.78 is 32.0. The van der Waals surface area contributed by atoms with E-state index in [2.05, 4.69) is 4.90 Å². The molecule has 1 unspecified atom stereocenters. The average Bonchev–Trinajstić information content (AvgIpc) is 2.41. The SMILES string of the molecule is CCOC1CCN(CC(O)c2ccc(F)cc2F)CC1. The van der Waals surface area contributed by atoms with Crippen LogP contribution < -0.4 is 0 Å². The minimum atomic E-state index is -0.931. The van der Waals surface area contributed by atoms with E-state index < -0.39 is 17.7 Å². The summed E-state index contributed by atoms with van der Waals surface area (Å²) in [4.78, 5) is 2.09. The summed E-state index contributed by atoms with van der Waals surface area (Å²) in [6, 6.07) is 3.28. The lowest BCUT2D eigenvalue weighted by Gasteiger charge is -2.33. The van der Waals surface area contributed by atoms with Crippen LogP contribution in [0.15, 0.2) is 18.2 Å². The number of hydrogen-bond acceptors (Lipinski definition) is 3. The fourth-order valence-corrected chi connectivity index (χ4v) is 2.61. The standard InChI is InChI=1S/C15H21F2NO2/c1-2-20-12-5-7-18(8-6-12)10-15(19)13-4-3-11(16)9-14(13)17/h3-4,9,12,15,19H,2,5-8,10H2,1H3. The Hall–Kier alpha value is -1.04. The molecule has 3 nitrogen and oxygen atoms in total. The quantitative estimate of drug-likeness (QED) is 0.902. The smallest absolute Gasteiger partial charge is 0.131 e. The lowest BCUT2D eigenvalue weighted by atomic mass is 10.0. The van der Waals surface area contributed by atoms with Gasteiger partial charge in [-0.2, -0.15) is 0 Å². The Bertz CT molecular complexity index is 434. The molecule has 0 saturated carbocycles. The third-order valence-electron chi connectivity index (χ3n) is 3.69. The highest BCUT2D eigenvalue weighted by molar-refractivity contribution is 5.21. The second-order valence-electron chi connectivity index (χ2n) is 5.14. The first kappa shape index (κ1) is 15.4. The molecule has 20 heavy (non-hydrogen) atoms. The van der Waals surface area contributed by atoms with Gasteiger partial charge in [-0.3, -0.25) is 0 Å². The molecule has 0 spiro atoms. The topological polar surface area (TPSA) is 32.7 Å². The van der Waals surface area contributed by atoms with Crippen LogP contribution in [0.3, 0.4) is 0 Å². The Labute approximate surface area is 118 Å². The van der Waals surface area contributed by atoms with Gasteiger partial charge in [-0.15, -0.1) is 0 Å². The van der Waals surface area contributed by atoms with Gasteiger partial charge in [-0.1, -0.05) is 6.07 Å². The van der Waals surface area contributed by atoms with Crippen LogP contribution in [-0.4, -0.2) is 42.4 Å². The van der Waals surface area contributed by atoms with Crippen molar-refractivity contribution in [2.45, 2.75) is 32.0 Å². The maximum atomic E-state index is 13.6. The summed E-state index contributed by atoms with van der Waals surface area (Å²) in [6.45, 7) is 4.71.